The lowest BCUT2D eigenvalue weighted by Gasteiger charge is -2.12. The molecule has 1 atom stereocenters. The van der Waals surface area contributed by atoms with Crippen LogP contribution in [-0.4, -0.2) is 28.9 Å². The van der Waals surface area contributed by atoms with E-state index in [2.05, 4.69) is 23.4 Å². The summed E-state index contributed by atoms with van der Waals surface area (Å²) in [7, 11) is 1.57. The number of carbonyl (C=O) groups excluding carboxylic acids is 1. The summed E-state index contributed by atoms with van der Waals surface area (Å²) in [4.78, 5) is 43.3. The van der Waals surface area contributed by atoms with E-state index in [1.165, 1.54) is 4.57 Å². The molecule has 3 aromatic heterocycles. The maximum Gasteiger partial charge on any atom is 0.332 e. The molecule has 0 radical (unpaired) electrons. The Balaban J connectivity index is 1.96. The molecular formula is C21H23N5O3. The Bertz CT molecular complexity index is 1350. The average Bonchev–Trinajstić information content (AvgIpc) is 3.24. The predicted molar refractivity (Wildman–Crippen MR) is 111 cm³/mol. The van der Waals surface area contributed by atoms with Crippen molar-refractivity contribution in [2.24, 2.45) is 7.05 Å². The lowest BCUT2D eigenvalue weighted by atomic mass is 10.1. The molecule has 29 heavy (non-hydrogen) atoms. The first-order valence-corrected chi connectivity index (χ1v) is 9.62. The van der Waals surface area contributed by atoms with E-state index < -0.39 is 11.2 Å². The van der Waals surface area contributed by atoms with Crippen LogP contribution in [0.3, 0.4) is 0 Å². The van der Waals surface area contributed by atoms with Gasteiger partial charge in [0.25, 0.3) is 5.56 Å². The van der Waals surface area contributed by atoms with Crippen LogP contribution in [0.1, 0.15) is 42.4 Å². The first-order valence-electron chi connectivity index (χ1n) is 9.62. The number of hydrogen-bond acceptors (Lipinski definition) is 4. The second-order valence-electron chi connectivity index (χ2n) is 7.37. The molecule has 0 aliphatic rings. The van der Waals surface area contributed by atoms with Gasteiger partial charge in [0.2, 0.25) is 5.78 Å². The third-order valence-corrected chi connectivity index (χ3v) is 5.50. The minimum atomic E-state index is -0.556. The van der Waals surface area contributed by atoms with Gasteiger partial charge in [-0.1, -0.05) is 37.3 Å². The molecule has 0 aliphatic carbocycles. The lowest BCUT2D eigenvalue weighted by molar-refractivity contribution is 0.0969. The summed E-state index contributed by atoms with van der Waals surface area (Å²) in [5.74, 6) is 0.323. The molecule has 1 aromatic carbocycles. The highest BCUT2D eigenvalue weighted by atomic mass is 16.2. The van der Waals surface area contributed by atoms with Crippen molar-refractivity contribution in [1.82, 2.24) is 23.1 Å². The van der Waals surface area contributed by atoms with Gasteiger partial charge in [-0.15, -0.1) is 0 Å². The van der Waals surface area contributed by atoms with Gasteiger partial charge in [-0.05, 0) is 20.3 Å². The number of hydrogen-bond donors (Lipinski definition) is 0. The second-order valence-corrected chi connectivity index (χ2v) is 7.37. The molecule has 4 rings (SSSR count). The first-order chi connectivity index (χ1) is 13.8. The number of aromatic nitrogens is 5. The zero-order chi connectivity index (χ0) is 20.9. The van der Waals surface area contributed by atoms with Gasteiger partial charge in [0.05, 0.1) is 6.54 Å². The fourth-order valence-corrected chi connectivity index (χ4v) is 3.75. The molecular weight excluding hydrogens is 370 g/mol. The molecule has 0 spiro atoms. The average molecular weight is 393 g/mol. The van der Waals surface area contributed by atoms with Crippen molar-refractivity contribution in [2.45, 2.75) is 39.8 Å². The van der Waals surface area contributed by atoms with Gasteiger partial charge in [-0.3, -0.25) is 23.1 Å². The largest absolute Gasteiger partial charge is 0.332 e. The fraction of sp³-hybridized carbons (Fsp3) is 0.333. The molecule has 0 N–H and O–H groups in total. The van der Waals surface area contributed by atoms with Crippen LogP contribution in [0, 0.1) is 6.92 Å². The fourth-order valence-electron chi connectivity index (χ4n) is 3.75. The standard InChI is InChI=1S/C21H23N5O3/c1-5-13(2)26-14(3)11-24-17-18(22-20(24)26)23(4)21(29)25(19(17)28)12-16(27)15-9-7-6-8-10-15/h6-11,13H,5,12H2,1-4H3/t13-/m1/s1. The van der Waals surface area contributed by atoms with Crippen molar-refractivity contribution in [1.29, 1.82) is 0 Å². The minimum absolute atomic E-state index is 0.197. The van der Waals surface area contributed by atoms with Crippen LogP contribution in [0.4, 0.5) is 0 Å². The Morgan fingerprint density at radius 1 is 1.17 bits per heavy atom. The molecule has 0 saturated heterocycles. The zero-order valence-corrected chi connectivity index (χ0v) is 16.9. The van der Waals surface area contributed by atoms with Crippen LogP contribution < -0.4 is 11.2 Å². The summed E-state index contributed by atoms with van der Waals surface area (Å²) >= 11 is 0. The summed E-state index contributed by atoms with van der Waals surface area (Å²) in [5, 5.41) is 0. The van der Waals surface area contributed by atoms with Gasteiger partial charge in [0.15, 0.2) is 16.9 Å². The van der Waals surface area contributed by atoms with Crippen LogP contribution in [0.15, 0.2) is 46.1 Å². The number of aryl methyl sites for hydroxylation is 2. The molecule has 3 heterocycles. The maximum atomic E-state index is 13.2. The highest BCUT2D eigenvalue weighted by molar-refractivity contribution is 5.95. The van der Waals surface area contributed by atoms with E-state index in [-0.39, 0.29) is 18.4 Å². The van der Waals surface area contributed by atoms with Crippen LogP contribution in [-0.2, 0) is 13.6 Å². The van der Waals surface area contributed by atoms with E-state index in [4.69, 9.17) is 0 Å². The van der Waals surface area contributed by atoms with E-state index in [1.807, 2.05) is 13.1 Å². The summed E-state index contributed by atoms with van der Waals surface area (Å²) in [6.07, 6.45) is 2.76. The Hall–Kier alpha value is -3.42. The Morgan fingerprint density at radius 3 is 2.52 bits per heavy atom. The summed E-state index contributed by atoms with van der Waals surface area (Å²) < 4.78 is 6.10. The first kappa shape index (κ1) is 18.9. The number of fused-ring (bicyclic) bond motifs is 3. The smallest absolute Gasteiger partial charge is 0.311 e. The molecule has 4 aromatic rings. The third-order valence-electron chi connectivity index (χ3n) is 5.50. The number of benzene rings is 1. The number of carbonyl (C=O) groups is 1. The molecule has 0 fully saturated rings. The predicted octanol–water partition coefficient (Wildman–Crippen LogP) is 2.31. The number of imidazole rings is 2. The molecule has 0 saturated carbocycles. The van der Waals surface area contributed by atoms with Gasteiger partial charge in [-0.25, -0.2) is 4.79 Å². The van der Waals surface area contributed by atoms with E-state index in [0.29, 0.717) is 22.5 Å². The van der Waals surface area contributed by atoms with E-state index >= 15 is 0 Å². The molecule has 150 valence electrons. The zero-order valence-electron chi connectivity index (χ0n) is 16.9. The monoisotopic (exact) mass is 393 g/mol. The maximum absolute atomic E-state index is 13.2. The molecule has 0 bridgehead atoms. The second kappa shape index (κ2) is 6.88. The number of rotatable bonds is 5. The molecule has 8 nitrogen and oxygen atoms in total. The van der Waals surface area contributed by atoms with Crippen molar-refractivity contribution in [3.63, 3.8) is 0 Å². The van der Waals surface area contributed by atoms with Crippen molar-refractivity contribution in [3.05, 3.63) is 68.6 Å². The highest BCUT2D eigenvalue weighted by Gasteiger charge is 2.22. The van der Waals surface area contributed by atoms with Crippen LogP contribution in [0.5, 0.6) is 0 Å². The molecule has 0 amide bonds. The molecule has 0 unspecified atom stereocenters. The summed E-state index contributed by atoms with van der Waals surface area (Å²) in [6, 6.07) is 8.84. The van der Waals surface area contributed by atoms with Crippen molar-refractivity contribution < 1.29 is 4.79 Å². The van der Waals surface area contributed by atoms with Gasteiger partial charge >= 0.3 is 5.69 Å². The third kappa shape index (κ3) is 2.83. The topological polar surface area (TPSA) is 83.3 Å². The van der Waals surface area contributed by atoms with Crippen LogP contribution in [0.2, 0.25) is 0 Å². The van der Waals surface area contributed by atoms with Gasteiger partial charge in [0.1, 0.15) is 0 Å². The number of ketones is 1. The summed E-state index contributed by atoms with van der Waals surface area (Å²) in [5.41, 5.74) is 0.978. The van der Waals surface area contributed by atoms with Crippen molar-refractivity contribution >= 4 is 22.7 Å². The van der Waals surface area contributed by atoms with Crippen molar-refractivity contribution in [3.8, 4) is 0 Å². The number of nitrogens with zero attached hydrogens (tertiary/aromatic N) is 5. The minimum Gasteiger partial charge on any atom is -0.311 e. The van der Waals surface area contributed by atoms with Gasteiger partial charge < -0.3 is 4.57 Å². The molecule has 8 heteroatoms. The summed E-state index contributed by atoms with van der Waals surface area (Å²) in [6.45, 7) is 5.82. The lowest BCUT2D eigenvalue weighted by Crippen LogP contribution is -2.41. The Kier molecular flexibility index (Phi) is 4.49. The van der Waals surface area contributed by atoms with E-state index in [1.54, 1.807) is 41.8 Å². The number of Topliss-reactive ketones (excluding diaryl/α,β-unsaturated/α-hetero) is 1. The van der Waals surface area contributed by atoms with Crippen molar-refractivity contribution in [2.75, 3.05) is 0 Å². The Morgan fingerprint density at radius 2 is 1.86 bits per heavy atom. The van der Waals surface area contributed by atoms with Crippen LogP contribution in [0.25, 0.3) is 16.9 Å². The Labute approximate surface area is 166 Å². The quantitative estimate of drug-likeness (QED) is 0.487. The van der Waals surface area contributed by atoms with Gasteiger partial charge in [-0.2, -0.15) is 4.98 Å². The van der Waals surface area contributed by atoms with Crippen LogP contribution >= 0.6 is 0 Å². The van der Waals surface area contributed by atoms with E-state index in [9.17, 15) is 14.4 Å². The van der Waals surface area contributed by atoms with Gasteiger partial charge in [0, 0.05) is 30.5 Å². The SMILES string of the molecule is CC[C@@H](C)n1c(C)cn2c3c(=O)n(CC(=O)c4ccccc4)c(=O)n(C)c3nc12. The normalized spacial score (nSPS) is 12.7. The highest BCUT2D eigenvalue weighted by Crippen LogP contribution is 2.22. The molecule has 0 aliphatic heterocycles. The van der Waals surface area contributed by atoms with E-state index in [0.717, 1.165) is 16.7 Å².